The monoisotopic (exact) mass is 565 g/mol. The fourth-order valence-electron chi connectivity index (χ4n) is 3.99. The number of carboxylic acids is 1. The number of carboxylic acid groups (broad SMARTS) is 1. The zero-order valence-corrected chi connectivity index (χ0v) is 22.4. The van der Waals surface area contributed by atoms with Crippen LogP contribution in [-0.2, 0) is 22.7 Å². The summed E-state index contributed by atoms with van der Waals surface area (Å²) in [7, 11) is 0. The van der Waals surface area contributed by atoms with Gasteiger partial charge in [-0.05, 0) is 55.5 Å². The Kier molecular flexibility index (Phi) is 9.79. The van der Waals surface area contributed by atoms with Crippen LogP contribution in [0.1, 0.15) is 17.5 Å². The molecule has 15 heteroatoms. The molecule has 0 aliphatic carbocycles. The van der Waals surface area contributed by atoms with Crippen molar-refractivity contribution in [3.63, 3.8) is 0 Å². The highest BCUT2D eigenvalue weighted by Crippen LogP contribution is 2.24. The van der Waals surface area contributed by atoms with E-state index < -0.39 is 67.2 Å². The Morgan fingerprint density at radius 2 is 1.72 bits per heavy atom. The zero-order valence-electron chi connectivity index (χ0n) is 21.6. The summed E-state index contributed by atoms with van der Waals surface area (Å²) in [6.45, 7) is 1.60. The Morgan fingerprint density at radius 3 is 2.33 bits per heavy atom. The number of fused-ring (bicyclic) bond motifs is 2. The molecule has 0 fully saturated rings. The number of carbonyl (C=O) groups is 2. The minimum atomic E-state index is -1.75. The molecule has 0 spiro atoms. The molecule has 1 aromatic rings. The van der Waals surface area contributed by atoms with E-state index in [2.05, 4.69) is 15.3 Å². The highest BCUT2D eigenvalue weighted by molar-refractivity contribution is 7.98. The number of amides is 1. The first-order valence-electron chi connectivity index (χ1n) is 12.0. The Bertz CT molecular complexity index is 1460. The molecule has 0 saturated heterocycles. The second-order valence-electron chi connectivity index (χ2n) is 9.15. The molecule has 2 aliphatic rings. The SMILES string of the molecule is CSCCC(NC(=O)Cn1c(=O)nc2n(C[C@@H](O)[C@@H](O)[C@@H](O)CO)c3cc(C)c(C)cc3nc-2c1=O)C(=O)O. The molecule has 1 amide bonds. The van der Waals surface area contributed by atoms with Crippen molar-refractivity contribution in [2.45, 2.75) is 57.7 Å². The van der Waals surface area contributed by atoms with Gasteiger partial charge in [0.15, 0.2) is 11.5 Å². The first-order chi connectivity index (χ1) is 18.4. The van der Waals surface area contributed by atoms with Crippen LogP contribution >= 0.6 is 11.8 Å². The first kappa shape index (κ1) is 30.2. The van der Waals surface area contributed by atoms with E-state index in [-0.39, 0.29) is 17.9 Å². The van der Waals surface area contributed by atoms with E-state index >= 15 is 0 Å². The highest BCUT2D eigenvalue weighted by Gasteiger charge is 2.29. The van der Waals surface area contributed by atoms with Gasteiger partial charge in [0.05, 0.1) is 24.2 Å². The van der Waals surface area contributed by atoms with E-state index in [1.165, 1.54) is 16.3 Å². The topological polar surface area (TPSA) is 217 Å². The minimum absolute atomic E-state index is 0.142. The van der Waals surface area contributed by atoms with Gasteiger partial charge >= 0.3 is 11.7 Å². The lowest BCUT2D eigenvalue weighted by Crippen LogP contribution is -2.47. The van der Waals surface area contributed by atoms with Crippen molar-refractivity contribution in [1.29, 1.82) is 0 Å². The molecule has 212 valence electrons. The zero-order chi connectivity index (χ0) is 29.0. The van der Waals surface area contributed by atoms with E-state index in [1.54, 1.807) is 18.4 Å². The van der Waals surface area contributed by atoms with Crippen LogP contribution in [0, 0.1) is 13.8 Å². The lowest BCUT2D eigenvalue weighted by atomic mass is 10.1. The van der Waals surface area contributed by atoms with Crippen LogP contribution in [0.5, 0.6) is 0 Å². The first-order valence-corrected chi connectivity index (χ1v) is 13.4. The average Bonchev–Trinajstić information content (AvgIpc) is 2.89. The quantitative estimate of drug-likeness (QED) is 0.132. The molecule has 2 aliphatic heterocycles. The number of aryl methyl sites for hydroxylation is 2. The molecule has 1 aromatic carbocycles. The smallest absolute Gasteiger partial charge is 0.353 e. The van der Waals surface area contributed by atoms with E-state index in [4.69, 9.17) is 5.11 Å². The van der Waals surface area contributed by atoms with Gasteiger partial charge in [0.1, 0.15) is 30.9 Å². The summed E-state index contributed by atoms with van der Waals surface area (Å²) >= 11 is 1.40. The molecule has 0 bridgehead atoms. The number of thioether (sulfide) groups is 1. The predicted octanol–water partition coefficient (Wildman–Crippen LogP) is -1.93. The third-order valence-corrected chi connectivity index (χ3v) is 7.00. The summed E-state index contributed by atoms with van der Waals surface area (Å²) in [4.78, 5) is 58.6. The lowest BCUT2D eigenvalue weighted by Gasteiger charge is -2.25. The normalized spacial score (nSPS) is 14.7. The Balaban J connectivity index is 2.12. The summed E-state index contributed by atoms with van der Waals surface area (Å²) in [5.41, 5.74) is -0.0559. The molecule has 0 radical (unpaired) electrons. The molecule has 1 unspecified atom stereocenters. The third kappa shape index (κ3) is 6.62. The van der Waals surface area contributed by atoms with Crippen molar-refractivity contribution in [3.8, 4) is 11.5 Å². The molecule has 0 saturated carbocycles. The van der Waals surface area contributed by atoms with Gasteiger partial charge in [-0.2, -0.15) is 16.7 Å². The van der Waals surface area contributed by atoms with Crippen molar-refractivity contribution >= 4 is 34.7 Å². The number of hydrogen-bond acceptors (Lipinski definition) is 11. The Labute approximate surface area is 226 Å². The summed E-state index contributed by atoms with van der Waals surface area (Å²) < 4.78 is 1.84. The molecule has 2 heterocycles. The number of aromatic nitrogens is 4. The maximum absolute atomic E-state index is 13.4. The standard InChI is InChI=1S/C24H31N5O9S/c1-11-6-14-15(7-12(11)2)28(8-16(31)20(34)17(32)10-30)21-19(26-14)22(35)29(24(38)27-21)9-18(33)25-13(23(36)37)4-5-39-3/h6-7,13,16-17,20,30-32,34H,4-5,8-10H2,1-3H3,(H,25,33)(H,36,37)/t13?,16-,17+,20-/m1/s1. The summed E-state index contributed by atoms with van der Waals surface area (Å²) in [5.74, 6) is -1.89. The van der Waals surface area contributed by atoms with Gasteiger partial charge in [0, 0.05) is 0 Å². The maximum atomic E-state index is 13.4. The van der Waals surface area contributed by atoms with Crippen LogP contribution < -0.4 is 16.6 Å². The number of aliphatic hydroxyl groups is 4. The fraction of sp³-hybridized carbons (Fsp3) is 0.500. The minimum Gasteiger partial charge on any atom is -0.480 e. The largest absolute Gasteiger partial charge is 0.480 e. The number of benzene rings is 1. The fourth-order valence-corrected chi connectivity index (χ4v) is 4.46. The number of aliphatic carboxylic acids is 1. The van der Waals surface area contributed by atoms with Gasteiger partial charge in [0.2, 0.25) is 5.91 Å². The van der Waals surface area contributed by atoms with Crippen molar-refractivity contribution < 1.29 is 35.1 Å². The number of nitrogens with zero attached hydrogens (tertiary/aromatic N) is 4. The molecule has 0 aromatic heterocycles. The van der Waals surface area contributed by atoms with Crippen molar-refractivity contribution in [2.24, 2.45) is 0 Å². The van der Waals surface area contributed by atoms with Gasteiger partial charge < -0.3 is 35.4 Å². The van der Waals surface area contributed by atoms with Crippen LogP contribution in [0.3, 0.4) is 0 Å². The van der Waals surface area contributed by atoms with Crippen LogP contribution in [0.25, 0.3) is 22.6 Å². The molecule has 6 N–H and O–H groups in total. The van der Waals surface area contributed by atoms with Crippen LogP contribution in [-0.4, -0.2) is 99.5 Å². The molecule has 3 rings (SSSR count). The Morgan fingerprint density at radius 1 is 1.05 bits per heavy atom. The summed E-state index contributed by atoms with van der Waals surface area (Å²) in [6.07, 6.45) is -3.11. The molecular weight excluding hydrogens is 534 g/mol. The number of aliphatic hydroxyl groups excluding tert-OH is 4. The van der Waals surface area contributed by atoms with Gasteiger partial charge in [-0.25, -0.2) is 19.1 Å². The van der Waals surface area contributed by atoms with Gasteiger partial charge in [-0.15, -0.1) is 0 Å². The number of nitrogens with one attached hydrogen (secondary N) is 1. The summed E-state index contributed by atoms with van der Waals surface area (Å²) in [6, 6.07) is 2.17. The van der Waals surface area contributed by atoms with Crippen molar-refractivity contribution in [2.75, 3.05) is 18.6 Å². The molecular formula is C24H31N5O9S. The second kappa shape index (κ2) is 12.7. The van der Waals surface area contributed by atoms with Crippen molar-refractivity contribution in [3.05, 3.63) is 44.1 Å². The molecule has 4 atom stereocenters. The van der Waals surface area contributed by atoms with Crippen LogP contribution in [0.2, 0.25) is 0 Å². The predicted molar refractivity (Wildman–Crippen MR) is 142 cm³/mol. The molecule has 14 nitrogen and oxygen atoms in total. The summed E-state index contributed by atoms with van der Waals surface area (Å²) in [5, 5.41) is 51.3. The third-order valence-electron chi connectivity index (χ3n) is 6.35. The van der Waals surface area contributed by atoms with Gasteiger partial charge in [-0.3, -0.25) is 9.59 Å². The lowest BCUT2D eigenvalue weighted by molar-refractivity contribution is -0.142. The van der Waals surface area contributed by atoms with Gasteiger partial charge in [-0.1, -0.05) is 0 Å². The van der Waals surface area contributed by atoms with Crippen LogP contribution in [0.15, 0.2) is 21.7 Å². The van der Waals surface area contributed by atoms with E-state index in [9.17, 15) is 39.6 Å². The highest BCUT2D eigenvalue weighted by atomic mass is 32.2. The number of carbonyl (C=O) groups excluding carboxylic acids is 1. The number of hydrogen-bond donors (Lipinski definition) is 6. The van der Waals surface area contributed by atoms with E-state index in [1.807, 2.05) is 13.8 Å². The average molecular weight is 566 g/mol. The maximum Gasteiger partial charge on any atom is 0.353 e. The second-order valence-corrected chi connectivity index (χ2v) is 10.1. The Hall–Kier alpha value is -3.37. The van der Waals surface area contributed by atoms with E-state index in [0.717, 1.165) is 11.1 Å². The van der Waals surface area contributed by atoms with Gasteiger partial charge in [0.25, 0.3) is 5.56 Å². The van der Waals surface area contributed by atoms with Crippen LogP contribution in [0.4, 0.5) is 0 Å². The number of rotatable bonds is 12. The van der Waals surface area contributed by atoms with Crippen molar-refractivity contribution in [1.82, 2.24) is 24.4 Å². The van der Waals surface area contributed by atoms with E-state index in [0.29, 0.717) is 21.4 Å². The molecule has 39 heavy (non-hydrogen) atoms.